The number of nitrogens with one attached hydrogen (secondary N) is 2. The van der Waals surface area contributed by atoms with Gasteiger partial charge in [-0.05, 0) is 44.5 Å². The van der Waals surface area contributed by atoms with Crippen LogP contribution in [-0.2, 0) is 4.74 Å². The number of amides is 1. The van der Waals surface area contributed by atoms with Crippen LogP contribution in [-0.4, -0.2) is 31.7 Å². The van der Waals surface area contributed by atoms with Crippen LogP contribution >= 0.6 is 0 Å². The van der Waals surface area contributed by atoms with E-state index < -0.39 is 0 Å². The lowest BCUT2D eigenvalue weighted by Crippen LogP contribution is -2.29. The number of hydrogen-bond donors (Lipinski definition) is 2. The SMILES string of the molecule is CC(C)NC(=O)c1ccc(NCC2CCOC2)cc1. The van der Waals surface area contributed by atoms with Gasteiger partial charge in [-0.25, -0.2) is 0 Å². The number of hydrogen-bond acceptors (Lipinski definition) is 3. The van der Waals surface area contributed by atoms with Crippen molar-refractivity contribution in [2.24, 2.45) is 5.92 Å². The van der Waals surface area contributed by atoms with Crippen LogP contribution in [0.15, 0.2) is 24.3 Å². The van der Waals surface area contributed by atoms with Gasteiger partial charge >= 0.3 is 0 Å². The summed E-state index contributed by atoms with van der Waals surface area (Å²) < 4.78 is 5.34. The molecule has 0 aliphatic carbocycles. The predicted octanol–water partition coefficient (Wildman–Crippen LogP) is 2.27. The molecule has 1 atom stereocenters. The molecule has 1 unspecified atom stereocenters. The highest BCUT2D eigenvalue weighted by Crippen LogP contribution is 2.15. The lowest BCUT2D eigenvalue weighted by atomic mass is 10.1. The molecule has 0 spiro atoms. The third-order valence-corrected chi connectivity index (χ3v) is 3.19. The minimum absolute atomic E-state index is 0.0225. The molecule has 1 aliphatic rings. The maximum absolute atomic E-state index is 11.8. The van der Waals surface area contributed by atoms with E-state index in [0.717, 1.165) is 31.9 Å². The third kappa shape index (κ3) is 4.24. The van der Waals surface area contributed by atoms with Gasteiger partial charge in [0.2, 0.25) is 0 Å². The van der Waals surface area contributed by atoms with Crippen LogP contribution in [0.2, 0.25) is 0 Å². The smallest absolute Gasteiger partial charge is 0.251 e. The van der Waals surface area contributed by atoms with Crippen LogP contribution in [0, 0.1) is 5.92 Å². The van der Waals surface area contributed by atoms with Gasteiger partial charge in [0.05, 0.1) is 6.61 Å². The van der Waals surface area contributed by atoms with E-state index in [0.29, 0.717) is 11.5 Å². The maximum Gasteiger partial charge on any atom is 0.251 e. The first-order chi connectivity index (χ1) is 9.15. The van der Waals surface area contributed by atoms with Crippen LogP contribution in [0.25, 0.3) is 0 Å². The second kappa shape index (κ2) is 6.57. The Balaban J connectivity index is 1.85. The van der Waals surface area contributed by atoms with Gasteiger partial charge < -0.3 is 15.4 Å². The largest absolute Gasteiger partial charge is 0.385 e. The fourth-order valence-electron chi connectivity index (χ4n) is 2.09. The van der Waals surface area contributed by atoms with Gasteiger partial charge in [-0.1, -0.05) is 0 Å². The molecule has 1 saturated heterocycles. The second-order valence-electron chi connectivity index (χ2n) is 5.32. The summed E-state index contributed by atoms with van der Waals surface area (Å²) in [7, 11) is 0. The second-order valence-corrected chi connectivity index (χ2v) is 5.32. The molecule has 0 bridgehead atoms. The van der Waals surface area contributed by atoms with E-state index in [1.165, 1.54) is 0 Å². The number of carbonyl (C=O) groups is 1. The lowest BCUT2D eigenvalue weighted by Gasteiger charge is -2.12. The van der Waals surface area contributed by atoms with Crippen LogP contribution in [0.5, 0.6) is 0 Å². The third-order valence-electron chi connectivity index (χ3n) is 3.19. The highest BCUT2D eigenvalue weighted by molar-refractivity contribution is 5.94. The molecule has 4 nitrogen and oxygen atoms in total. The zero-order valence-corrected chi connectivity index (χ0v) is 11.6. The highest BCUT2D eigenvalue weighted by atomic mass is 16.5. The summed E-state index contributed by atoms with van der Waals surface area (Å²) in [5, 5.41) is 6.26. The van der Waals surface area contributed by atoms with E-state index in [4.69, 9.17) is 4.74 Å². The van der Waals surface area contributed by atoms with Crippen molar-refractivity contribution in [3.63, 3.8) is 0 Å². The van der Waals surface area contributed by atoms with E-state index >= 15 is 0 Å². The summed E-state index contributed by atoms with van der Waals surface area (Å²) in [6.45, 7) is 6.56. The Morgan fingerprint density at radius 3 is 2.68 bits per heavy atom. The summed E-state index contributed by atoms with van der Waals surface area (Å²) in [5.41, 5.74) is 1.75. The van der Waals surface area contributed by atoms with Crippen LogP contribution in [0.1, 0.15) is 30.6 Å². The van der Waals surface area contributed by atoms with Crippen molar-refractivity contribution < 1.29 is 9.53 Å². The summed E-state index contributed by atoms with van der Waals surface area (Å²) in [5.74, 6) is 0.578. The van der Waals surface area contributed by atoms with Crippen molar-refractivity contribution in [3.8, 4) is 0 Å². The first-order valence-electron chi connectivity index (χ1n) is 6.87. The fraction of sp³-hybridized carbons (Fsp3) is 0.533. The van der Waals surface area contributed by atoms with Crippen molar-refractivity contribution in [3.05, 3.63) is 29.8 Å². The monoisotopic (exact) mass is 262 g/mol. The summed E-state index contributed by atoms with van der Waals surface area (Å²) in [4.78, 5) is 11.8. The van der Waals surface area contributed by atoms with Crippen molar-refractivity contribution in [2.75, 3.05) is 25.1 Å². The molecular formula is C15H22N2O2. The average molecular weight is 262 g/mol. The van der Waals surface area contributed by atoms with Gasteiger partial charge in [0.15, 0.2) is 0 Å². The molecule has 0 aromatic heterocycles. The summed E-state index contributed by atoms with van der Waals surface area (Å²) in [6, 6.07) is 7.76. The Morgan fingerprint density at radius 1 is 1.37 bits per heavy atom. The first-order valence-corrected chi connectivity index (χ1v) is 6.87. The Labute approximate surface area is 114 Å². The van der Waals surface area contributed by atoms with Crippen molar-refractivity contribution in [1.29, 1.82) is 0 Å². The summed E-state index contributed by atoms with van der Waals surface area (Å²) >= 11 is 0. The van der Waals surface area contributed by atoms with Crippen molar-refractivity contribution >= 4 is 11.6 Å². The Morgan fingerprint density at radius 2 is 2.11 bits per heavy atom. The van der Waals surface area contributed by atoms with Gasteiger partial charge in [-0.3, -0.25) is 4.79 Å². The topological polar surface area (TPSA) is 50.4 Å². The molecule has 0 saturated carbocycles. The quantitative estimate of drug-likeness (QED) is 0.856. The van der Waals surface area contributed by atoms with E-state index in [2.05, 4.69) is 10.6 Å². The van der Waals surface area contributed by atoms with Crippen molar-refractivity contribution in [2.45, 2.75) is 26.3 Å². The normalized spacial score (nSPS) is 18.6. The molecule has 1 amide bonds. The fourth-order valence-corrected chi connectivity index (χ4v) is 2.09. The van der Waals surface area contributed by atoms with E-state index in [1.807, 2.05) is 38.1 Å². The predicted molar refractivity (Wildman–Crippen MR) is 76.5 cm³/mol. The Bertz CT molecular complexity index is 409. The highest BCUT2D eigenvalue weighted by Gasteiger charge is 2.15. The molecule has 19 heavy (non-hydrogen) atoms. The summed E-state index contributed by atoms with van der Waals surface area (Å²) in [6.07, 6.45) is 1.13. The van der Waals surface area contributed by atoms with Gasteiger partial charge in [0.25, 0.3) is 5.91 Å². The minimum atomic E-state index is -0.0225. The lowest BCUT2D eigenvalue weighted by molar-refractivity contribution is 0.0943. The molecule has 2 N–H and O–H groups in total. The van der Waals surface area contributed by atoms with E-state index in [1.54, 1.807) is 0 Å². The minimum Gasteiger partial charge on any atom is -0.385 e. The van der Waals surface area contributed by atoms with Crippen molar-refractivity contribution in [1.82, 2.24) is 5.32 Å². The molecule has 104 valence electrons. The molecule has 1 heterocycles. The molecule has 1 aromatic carbocycles. The number of carbonyl (C=O) groups excluding carboxylic acids is 1. The molecule has 0 radical (unpaired) electrons. The average Bonchev–Trinajstić information content (AvgIpc) is 2.89. The first kappa shape index (κ1) is 13.9. The van der Waals surface area contributed by atoms with Gasteiger partial charge in [-0.15, -0.1) is 0 Å². The van der Waals surface area contributed by atoms with E-state index in [-0.39, 0.29) is 11.9 Å². The van der Waals surface area contributed by atoms with Crippen LogP contribution < -0.4 is 10.6 Å². The molecule has 1 aliphatic heterocycles. The molecule has 1 fully saturated rings. The zero-order chi connectivity index (χ0) is 13.7. The van der Waals surface area contributed by atoms with E-state index in [9.17, 15) is 4.79 Å². The molecule has 2 rings (SSSR count). The van der Waals surface area contributed by atoms with Gasteiger partial charge in [0.1, 0.15) is 0 Å². The maximum atomic E-state index is 11.8. The number of rotatable bonds is 5. The van der Waals surface area contributed by atoms with Gasteiger partial charge in [0, 0.05) is 36.4 Å². The van der Waals surface area contributed by atoms with Crippen LogP contribution in [0.3, 0.4) is 0 Å². The Hall–Kier alpha value is -1.55. The molecule has 1 aromatic rings. The Kier molecular flexibility index (Phi) is 4.80. The van der Waals surface area contributed by atoms with Gasteiger partial charge in [-0.2, -0.15) is 0 Å². The number of anilines is 1. The molecular weight excluding hydrogens is 240 g/mol. The zero-order valence-electron chi connectivity index (χ0n) is 11.6. The number of benzene rings is 1. The molecule has 4 heteroatoms. The standard InChI is InChI=1S/C15H22N2O2/c1-11(2)17-15(18)13-3-5-14(6-4-13)16-9-12-7-8-19-10-12/h3-6,11-12,16H,7-10H2,1-2H3,(H,17,18). The number of ether oxygens (including phenoxy) is 1. The van der Waals surface area contributed by atoms with Crippen LogP contribution in [0.4, 0.5) is 5.69 Å².